The first kappa shape index (κ1) is 18.0. The zero-order chi connectivity index (χ0) is 16.0. The molecular formula is C18H33N3. The molecule has 21 heavy (non-hydrogen) atoms. The summed E-state index contributed by atoms with van der Waals surface area (Å²) in [5.74, 6) is 0. The van der Waals surface area contributed by atoms with Gasteiger partial charge in [0.15, 0.2) is 0 Å². The number of pyridine rings is 1. The predicted molar refractivity (Wildman–Crippen MR) is 92.9 cm³/mol. The highest BCUT2D eigenvalue weighted by Crippen LogP contribution is 2.27. The Labute approximate surface area is 131 Å². The third-order valence-electron chi connectivity index (χ3n) is 4.42. The van der Waals surface area contributed by atoms with Crippen LogP contribution >= 0.6 is 0 Å². The van der Waals surface area contributed by atoms with Crippen molar-refractivity contribution in [2.24, 2.45) is 5.41 Å². The Morgan fingerprint density at radius 3 is 2.33 bits per heavy atom. The van der Waals surface area contributed by atoms with Crippen LogP contribution in [0.1, 0.15) is 66.1 Å². The highest BCUT2D eigenvalue weighted by molar-refractivity contribution is 5.45. The Bertz CT molecular complexity index is 405. The minimum absolute atomic E-state index is 0.252. The second-order valence-electron chi connectivity index (χ2n) is 7.01. The van der Waals surface area contributed by atoms with Gasteiger partial charge in [0.1, 0.15) is 0 Å². The molecule has 2 unspecified atom stereocenters. The Kier molecular flexibility index (Phi) is 6.66. The largest absolute Gasteiger partial charge is 0.370 e. The van der Waals surface area contributed by atoms with Crippen LogP contribution in [0.15, 0.2) is 18.3 Å². The summed E-state index contributed by atoms with van der Waals surface area (Å²) < 4.78 is 0. The van der Waals surface area contributed by atoms with Gasteiger partial charge < -0.3 is 10.2 Å². The van der Waals surface area contributed by atoms with Crippen LogP contribution in [-0.4, -0.2) is 24.6 Å². The fourth-order valence-corrected chi connectivity index (χ4v) is 2.39. The molecule has 0 aromatic carbocycles. The number of nitrogens with one attached hydrogen (secondary N) is 1. The average molecular weight is 291 g/mol. The Morgan fingerprint density at radius 1 is 1.24 bits per heavy atom. The van der Waals surface area contributed by atoms with Gasteiger partial charge in [-0.3, -0.25) is 4.98 Å². The number of hydrogen-bond acceptors (Lipinski definition) is 3. The van der Waals surface area contributed by atoms with Crippen molar-refractivity contribution in [3.05, 3.63) is 24.0 Å². The van der Waals surface area contributed by atoms with Crippen molar-refractivity contribution in [2.45, 2.75) is 66.5 Å². The van der Waals surface area contributed by atoms with E-state index in [0.29, 0.717) is 12.1 Å². The highest BCUT2D eigenvalue weighted by atomic mass is 15.1. The highest BCUT2D eigenvalue weighted by Gasteiger charge is 2.24. The first-order valence-electron chi connectivity index (χ1n) is 8.23. The van der Waals surface area contributed by atoms with Gasteiger partial charge in [0.25, 0.3) is 0 Å². The van der Waals surface area contributed by atoms with Gasteiger partial charge in [-0.2, -0.15) is 0 Å². The SMILES string of the molecule is CCCNC(CC)c1ccc(N(C)C(C)C(C)(C)C)cn1. The van der Waals surface area contributed by atoms with E-state index in [9.17, 15) is 0 Å². The molecule has 1 aromatic heterocycles. The Morgan fingerprint density at radius 2 is 1.90 bits per heavy atom. The summed E-state index contributed by atoms with van der Waals surface area (Å²) in [6.45, 7) is 14.5. The minimum atomic E-state index is 0.252. The first-order chi connectivity index (χ1) is 9.81. The van der Waals surface area contributed by atoms with Crippen molar-refractivity contribution in [3.63, 3.8) is 0 Å². The molecule has 0 aliphatic carbocycles. The lowest BCUT2D eigenvalue weighted by Crippen LogP contribution is -2.39. The van der Waals surface area contributed by atoms with E-state index in [-0.39, 0.29) is 5.41 Å². The van der Waals surface area contributed by atoms with Gasteiger partial charge in [-0.15, -0.1) is 0 Å². The molecule has 0 fully saturated rings. The van der Waals surface area contributed by atoms with Gasteiger partial charge in [-0.25, -0.2) is 0 Å². The predicted octanol–water partition coefficient (Wildman–Crippen LogP) is 4.40. The molecule has 0 amide bonds. The van der Waals surface area contributed by atoms with E-state index in [1.165, 1.54) is 5.69 Å². The quantitative estimate of drug-likeness (QED) is 0.807. The normalized spacial score (nSPS) is 14.8. The van der Waals surface area contributed by atoms with Crippen LogP contribution < -0.4 is 10.2 Å². The van der Waals surface area contributed by atoms with Crippen molar-refractivity contribution >= 4 is 5.69 Å². The van der Waals surface area contributed by atoms with Crippen LogP contribution in [0.5, 0.6) is 0 Å². The van der Waals surface area contributed by atoms with E-state index >= 15 is 0 Å². The van der Waals surface area contributed by atoms with Crippen LogP contribution in [0.4, 0.5) is 5.69 Å². The summed E-state index contributed by atoms with van der Waals surface area (Å²) in [5.41, 5.74) is 2.58. The molecule has 0 bridgehead atoms. The van der Waals surface area contributed by atoms with E-state index in [2.05, 4.69) is 75.9 Å². The lowest BCUT2D eigenvalue weighted by Gasteiger charge is -2.36. The smallest absolute Gasteiger partial charge is 0.0574 e. The summed E-state index contributed by atoms with van der Waals surface area (Å²) in [6, 6.07) is 5.19. The van der Waals surface area contributed by atoms with Gasteiger partial charge in [0, 0.05) is 19.1 Å². The number of hydrogen-bond donors (Lipinski definition) is 1. The van der Waals surface area contributed by atoms with E-state index in [1.54, 1.807) is 0 Å². The van der Waals surface area contributed by atoms with E-state index < -0.39 is 0 Å². The molecule has 0 saturated heterocycles. The topological polar surface area (TPSA) is 28.2 Å². The minimum Gasteiger partial charge on any atom is -0.370 e. The van der Waals surface area contributed by atoms with Gasteiger partial charge in [-0.05, 0) is 43.9 Å². The third-order valence-corrected chi connectivity index (χ3v) is 4.42. The first-order valence-corrected chi connectivity index (χ1v) is 8.23. The maximum absolute atomic E-state index is 4.68. The standard InChI is InChI=1S/C18H33N3/c1-8-12-19-16(9-2)17-11-10-15(13-20-17)21(7)14(3)18(4,5)6/h10-11,13-14,16,19H,8-9,12H2,1-7H3. The molecule has 1 N–H and O–H groups in total. The number of rotatable bonds is 7. The van der Waals surface area contributed by atoms with Crippen LogP contribution in [-0.2, 0) is 0 Å². The summed E-state index contributed by atoms with van der Waals surface area (Å²) >= 11 is 0. The molecule has 3 nitrogen and oxygen atoms in total. The van der Waals surface area contributed by atoms with E-state index in [1.807, 2.05) is 6.20 Å². The maximum atomic E-state index is 4.68. The number of aromatic nitrogens is 1. The second kappa shape index (κ2) is 7.79. The van der Waals surface area contributed by atoms with Crippen molar-refractivity contribution in [1.82, 2.24) is 10.3 Å². The van der Waals surface area contributed by atoms with E-state index in [0.717, 1.165) is 25.1 Å². The third kappa shape index (κ3) is 4.99. The molecule has 3 heteroatoms. The summed E-state index contributed by atoms with van der Waals surface area (Å²) in [4.78, 5) is 7.00. The van der Waals surface area contributed by atoms with E-state index in [4.69, 9.17) is 0 Å². The summed E-state index contributed by atoms with van der Waals surface area (Å²) in [6.07, 6.45) is 4.23. The molecule has 1 heterocycles. The zero-order valence-electron chi connectivity index (χ0n) is 14.9. The fraction of sp³-hybridized carbons (Fsp3) is 0.722. The Balaban J connectivity index is 2.81. The molecule has 2 atom stereocenters. The zero-order valence-corrected chi connectivity index (χ0v) is 14.9. The van der Waals surface area contributed by atoms with Crippen molar-refractivity contribution in [2.75, 3.05) is 18.5 Å². The van der Waals surface area contributed by atoms with Crippen molar-refractivity contribution in [3.8, 4) is 0 Å². The van der Waals surface area contributed by atoms with Crippen LogP contribution in [0.25, 0.3) is 0 Å². The average Bonchev–Trinajstić information content (AvgIpc) is 2.46. The molecule has 0 aliphatic heterocycles. The maximum Gasteiger partial charge on any atom is 0.0574 e. The summed E-state index contributed by atoms with van der Waals surface area (Å²) in [5, 5.41) is 3.55. The van der Waals surface area contributed by atoms with Gasteiger partial charge >= 0.3 is 0 Å². The van der Waals surface area contributed by atoms with Crippen LogP contribution in [0.2, 0.25) is 0 Å². The van der Waals surface area contributed by atoms with Crippen LogP contribution in [0, 0.1) is 5.41 Å². The number of anilines is 1. The second-order valence-corrected chi connectivity index (χ2v) is 7.01. The monoisotopic (exact) mass is 291 g/mol. The molecule has 120 valence electrons. The molecule has 0 radical (unpaired) electrons. The molecule has 0 saturated carbocycles. The fourth-order valence-electron chi connectivity index (χ4n) is 2.39. The molecule has 0 spiro atoms. The molecule has 0 aliphatic rings. The van der Waals surface area contributed by atoms with Crippen molar-refractivity contribution in [1.29, 1.82) is 0 Å². The van der Waals surface area contributed by atoms with Gasteiger partial charge in [-0.1, -0.05) is 34.6 Å². The Hall–Kier alpha value is -1.09. The summed E-state index contributed by atoms with van der Waals surface area (Å²) in [7, 11) is 2.15. The van der Waals surface area contributed by atoms with Crippen LogP contribution in [0.3, 0.4) is 0 Å². The lowest BCUT2D eigenvalue weighted by atomic mass is 9.87. The molecule has 1 aromatic rings. The van der Waals surface area contributed by atoms with Gasteiger partial charge in [0.2, 0.25) is 0 Å². The molecular weight excluding hydrogens is 258 g/mol. The molecule has 1 rings (SSSR count). The van der Waals surface area contributed by atoms with Gasteiger partial charge in [0.05, 0.1) is 17.6 Å². The lowest BCUT2D eigenvalue weighted by molar-refractivity contribution is 0.329. The van der Waals surface area contributed by atoms with Crippen molar-refractivity contribution < 1.29 is 0 Å². The number of nitrogens with zero attached hydrogens (tertiary/aromatic N) is 2.